The van der Waals surface area contributed by atoms with Crippen molar-refractivity contribution in [1.29, 1.82) is 0 Å². The quantitative estimate of drug-likeness (QED) is 0.897. The van der Waals surface area contributed by atoms with Crippen LogP contribution in [0.1, 0.15) is 20.3 Å². The van der Waals surface area contributed by atoms with Crippen molar-refractivity contribution >= 4 is 11.6 Å². The molecule has 0 atom stereocenters. The molecule has 18 heavy (non-hydrogen) atoms. The second kappa shape index (κ2) is 5.49. The molecule has 2 rings (SSSR count). The van der Waals surface area contributed by atoms with Gasteiger partial charge in [0.2, 0.25) is 5.91 Å². The van der Waals surface area contributed by atoms with Gasteiger partial charge in [-0.05, 0) is 18.1 Å². The molecule has 0 aliphatic carbocycles. The Labute approximate surface area is 107 Å². The maximum atomic E-state index is 11.8. The standard InChI is InChI=1S/C14H17N3O/c1-11(2)9-14(18)16-12-5-3-4-6-13(12)17-8-7-15-10-17/h3-8,10-11H,9H2,1-2H3,(H,16,18). The SMILES string of the molecule is CC(C)CC(=O)Nc1ccccc1-n1ccnc1. The summed E-state index contributed by atoms with van der Waals surface area (Å²) in [5.74, 6) is 0.392. The van der Waals surface area contributed by atoms with Crippen LogP contribution in [-0.2, 0) is 4.79 Å². The maximum absolute atomic E-state index is 11.8. The molecule has 1 N–H and O–H groups in total. The summed E-state index contributed by atoms with van der Waals surface area (Å²) in [6, 6.07) is 7.69. The van der Waals surface area contributed by atoms with Crippen LogP contribution in [0.15, 0.2) is 43.0 Å². The van der Waals surface area contributed by atoms with Gasteiger partial charge in [0.1, 0.15) is 0 Å². The molecule has 94 valence electrons. The molecule has 0 saturated heterocycles. The zero-order valence-corrected chi connectivity index (χ0v) is 10.6. The molecule has 1 amide bonds. The van der Waals surface area contributed by atoms with Crippen molar-refractivity contribution in [3.8, 4) is 5.69 Å². The van der Waals surface area contributed by atoms with Crippen molar-refractivity contribution in [2.24, 2.45) is 5.92 Å². The van der Waals surface area contributed by atoms with Crippen LogP contribution < -0.4 is 5.32 Å². The van der Waals surface area contributed by atoms with E-state index < -0.39 is 0 Å². The fraction of sp³-hybridized carbons (Fsp3) is 0.286. The van der Waals surface area contributed by atoms with Crippen molar-refractivity contribution in [3.63, 3.8) is 0 Å². The molecule has 0 fully saturated rings. The second-order valence-corrected chi connectivity index (χ2v) is 4.63. The van der Waals surface area contributed by atoms with Crippen LogP contribution in [0.25, 0.3) is 5.69 Å². The highest BCUT2D eigenvalue weighted by Crippen LogP contribution is 2.20. The molecule has 2 aromatic rings. The summed E-state index contributed by atoms with van der Waals surface area (Å²) in [6.07, 6.45) is 5.81. The van der Waals surface area contributed by atoms with Crippen LogP contribution in [0.4, 0.5) is 5.69 Å². The Morgan fingerprint density at radius 1 is 1.39 bits per heavy atom. The summed E-state index contributed by atoms with van der Waals surface area (Å²) in [6.45, 7) is 4.06. The Hall–Kier alpha value is -2.10. The minimum atomic E-state index is 0.0394. The Balaban J connectivity index is 2.21. The molecule has 0 unspecified atom stereocenters. The number of nitrogens with zero attached hydrogens (tertiary/aromatic N) is 2. The molecule has 1 heterocycles. The first-order chi connectivity index (χ1) is 8.66. The summed E-state index contributed by atoms with van der Waals surface area (Å²) in [4.78, 5) is 15.8. The van der Waals surface area contributed by atoms with Crippen LogP contribution in [0.5, 0.6) is 0 Å². The number of anilines is 1. The van der Waals surface area contributed by atoms with Gasteiger partial charge in [0.15, 0.2) is 0 Å². The molecule has 0 saturated carbocycles. The molecule has 0 aliphatic rings. The Morgan fingerprint density at radius 3 is 2.83 bits per heavy atom. The fourth-order valence-corrected chi connectivity index (χ4v) is 1.78. The highest BCUT2D eigenvalue weighted by molar-refractivity contribution is 5.92. The van der Waals surface area contributed by atoms with Gasteiger partial charge >= 0.3 is 0 Å². The highest BCUT2D eigenvalue weighted by Gasteiger charge is 2.08. The average Bonchev–Trinajstić information content (AvgIpc) is 2.81. The van der Waals surface area contributed by atoms with E-state index in [1.54, 1.807) is 12.5 Å². The Bertz CT molecular complexity index is 518. The zero-order chi connectivity index (χ0) is 13.0. The molecule has 0 bridgehead atoms. The minimum Gasteiger partial charge on any atom is -0.324 e. The first-order valence-electron chi connectivity index (χ1n) is 6.04. The third kappa shape index (κ3) is 2.97. The highest BCUT2D eigenvalue weighted by atomic mass is 16.1. The maximum Gasteiger partial charge on any atom is 0.224 e. The number of nitrogens with one attached hydrogen (secondary N) is 1. The largest absolute Gasteiger partial charge is 0.324 e. The van der Waals surface area contributed by atoms with Crippen molar-refractivity contribution in [2.45, 2.75) is 20.3 Å². The topological polar surface area (TPSA) is 46.9 Å². The van der Waals surface area contributed by atoms with Crippen molar-refractivity contribution in [3.05, 3.63) is 43.0 Å². The monoisotopic (exact) mass is 243 g/mol. The third-order valence-electron chi connectivity index (χ3n) is 2.55. The predicted molar refractivity (Wildman–Crippen MR) is 71.6 cm³/mol. The van der Waals surface area contributed by atoms with Gasteiger partial charge in [-0.1, -0.05) is 26.0 Å². The smallest absolute Gasteiger partial charge is 0.224 e. The van der Waals surface area contributed by atoms with Crippen LogP contribution in [0.2, 0.25) is 0 Å². The number of hydrogen-bond donors (Lipinski definition) is 1. The van der Waals surface area contributed by atoms with E-state index in [0.717, 1.165) is 11.4 Å². The van der Waals surface area contributed by atoms with E-state index in [4.69, 9.17) is 0 Å². The lowest BCUT2D eigenvalue weighted by Gasteiger charge is -2.12. The zero-order valence-electron chi connectivity index (χ0n) is 10.6. The molecule has 0 aliphatic heterocycles. The summed E-state index contributed by atoms with van der Waals surface area (Å²) in [5.41, 5.74) is 1.73. The second-order valence-electron chi connectivity index (χ2n) is 4.63. The van der Waals surface area contributed by atoms with E-state index in [-0.39, 0.29) is 5.91 Å². The van der Waals surface area contributed by atoms with Crippen LogP contribution >= 0.6 is 0 Å². The van der Waals surface area contributed by atoms with E-state index in [2.05, 4.69) is 10.3 Å². The van der Waals surface area contributed by atoms with Gasteiger partial charge in [-0.3, -0.25) is 4.79 Å². The lowest BCUT2D eigenvalue weighted by atomic mass is 10.1. The summed E-state index contributed by atoms with van der Waals surface area (Å²) in [7, 11) is 0. The molecule has 1 aromatic carbocycles. The lowest BCUT2D eigenvalue weighted by molar-refractivity contribution is -0.116. The lowest BCUT2D eigenvalue weighted by Crippen LogP contribution is -2.15. The van der Waals surface area contributed by atoms with E-state index in [9.17, 15) is 4.79 Å². The fourth-order valence-electron chi connectivity index (χ4n) is 1.78. The van der Waals surface area contributed by atoms with Gasteiger partial charge < -0.3 is 9.88 Å². The van der Waals surface area contributed by atoms with Crippen molar-refractivity contribution < 1.29 is 4.79 Å². The Morgan fingerprint density at radius 2 is 2.17 bits per heavy atom. The number of para-hydroxylation sites is 2. The van der Waals surface area contributed by atoms with Crippen LogP contribution in [-0.4, -0.2) is 15.5 Å². The molecule has 4 nitrogen and oxygen atoms in total. The van der Waals surface area contributed by atoms with Gasteiger partial charge in [0.05, 0.1) is 17.7 Å². The summed E-state index contributed by atoms with van der Waals surface area (Å²) < 4.78 is 1.88. The van der Waals surface area contributed by atoms with Gasteiger partial charge in [-0.25, -0.2) is 4.98 Å². The van der Waals surface area contributed by atoms with Crippen molar-refractivity contribution in [1.82, 2.24) is 9.55 Å². The van der Waals surface area contributed by atoms with E-state index in [1.165, 1.54) is 0 Å². The van der Waals surface area contributed by atoms with Gasteiger partial charge in [-0.2, -0.15) is 0 Å². The number of hydrogen-bond acceptors (Lipinski definition) is 2. The number of rotatable bonds is 4. The normalized spacial score (nSPS) is 10.6. The number of aromatic nitrogens is 2. The number of benzene rings is 1. The van der Waals surface area contributed by atoms with Crippen molar-refractivity contribution in [2.75, 3.05) is 5.32 Å². The first-order valence-corrected chi connectivity index (χ1v) is 6.04. The van der Waals surface area contributed by atoms with Crippen LogP contribution in [0, 0.1) is 5.92 Å². The molecule has 0 spiro atoms. The summed E-state index contributed by atoms with van der Waals surface area (Å²) >= 11 is 0. The van der Waals surface area contributed by atoms with E-state index in [0.29, 0.717) is 12.3 Å². The number of carbonyl (C=O) groups is 1. The molecule has 4 heteroatoms. The molecular formula is C14H17N3O. The number of amides is 1. The van der Waals surface area contributed by atoms with Gasteiger partial charge in [0, 0.05) is 18.8 Å². The first kappa shape index (κ1) is 12.4. The number of carbonyl (C=O) groups excluding carboxylic acids is 1. The van der Waals surface area contributed by atoms with E-state index >= 15 is 0 Å². The third-order valence-corrected chi connectivity index (χ3v) is 2.55. The van der Waals surface area contributed by atoms with E-state index in [1.807, 2.05) is 48.9 Å². The molecular weight excluding hydrogens is 226 g/mol. The van der Waals surface area contributed by atoms with Crippen LogP contribution in [0.3, 0.4) is 0 Å². The average molecular weight is 243 g/mol. The molecule has 1 aromatic heterocycles. The number of imidazole rings is 1. The molecule has 0 radical (unpaired) electrons. The van der Waals surface area contributed by atoms with Gasteiger partial charge in [-0.15, -0.1) is 0 Å². The van der Waals surface area contributed by atoms with Gasteiger partial charge in [0.25, 0.3) is 0 Å². The predicted octanol–water partition coefficient (Wildman–Crippen LogP) is 2.86. The minimum absolute atomic E-state index is 0.0394. The summed E-state index contributed by atoms with van der Waals surface area (Å²) in [5, 5.41) is 2.94. The Kier molecular flexibility index (Phi) is 3.77.